The van der Waals surface area contributed by atoms with E-state index in [1.165, 1.54) is 24.3 Å². The van der Waals surface area contributed by atoms with E-state index in [9.17, 15) is 21.6 Å². The van der Waals surface area contributed by atoms with Crippen LogP contribution in [0.4, 0.5) is 13.2 Å². The average molecular weight is 424 g/mol. The van der Waals surface area contributed by atoms with Gasteiger partial charge in [0.2, 0.25) is 5.82 Å². The fraction of sp³-hybridized carbons (Fsp3) is 0.167. The van der Waals surface area contributed by atoms with Gasteiger partial charge in [0.25, 0.3) is 10.0 Å². The Morgan fingerprint density at radius 1 is 1.07 bits per heavy atom. The average Bonchev–Trinajstić information content (AvgIpc) is 3.17. The van der Waals surface area contributed by atoms with Crippen molar-refractivity contribution in [1.29, 1.82) is 0 Å². The number of nitrogens with one attached hydrogen (secondary N) is 1. The lowest BCUT2D eigenvalue weighted by molar-refractivity contribution is -0.159. The molecule has 3 rings (SSSR count). The van der Waals surface area contributed by atoms with Gasteiger partial charge in [-0.25, -0.2) is 0 Å². The van der Waals surface area contributed by atoms with Gasteiger partial charge < -0.3 is 4.52 Å². The summed E-state index contributed by atoms with van der Waals surface area (Å²) in [5.74, 6) is -1.64. The minimum absolute atomic E-state index is 0.0765. The van der Waals surface area contributed by atoms with E-state index in [4.69, 9.17) is 0 Å². The number of rotatable bonds is 5. The van der Waals surface area contributed by atoms with Gasteiger partial charge >= 0.3 is 12.1 Å². The van der Waals surface area contributed by atoms with Crippen LogP contribution in [0.5, 0.6) is 0 Å². The summed E-state index contributed by atoms with van der Waals surface area (Å²) in [6, 6.07) is 12.4. The number of sulfonamides is 1. The Bertz CT molecular complexity index is 1140. The van der Waals surface area contributed by atoms with E-state index >= 15 is 0 Å². The highest BCUT2D eigenvalue weighted by Crippen LogP contribution is 2.29. The minimum Gasteiger partial charge on any atom is -0.329 e. The molecule has 152 valence electrons. The number of aryl methyl sites for hydroxylation is 1. The summed E-state index contributed by atoms with van der Waals surface area (Å²) in [6.07, 6.45) is -4.72. The van der Waals surface area contributed by atoms with E-state index in [1.54, 1.807) is 31.2 Å². The molecule has 0 aliphatic rings. The molecule has 0 unspecified atom stereocenters. The molecule has 0 aliphatic heterocycles. The van der Waals surface area contributed by atoms with Crippen LogP contribution < -0.4 is 4.83 Å². The van der Waals surface area contributed by atoms with E-state index in [2.05, 4.69) is 24.6 Å². The molecule has 2 aromatic carbocycles. The third kappa shape index (κ3) is 4.80. The molecular formula is C18H15F3N4O3S. The van der Waals surface area contributed by atoms with Crippen molar-refractivity contribution in [3.8, 4) is 11.4 Å². The highest BCUT2D eigenvalue weighted by atomic mass is 32.2. The van der Waals surface area contributed by atoms with Crippen LogP contribution in [0.25, 0.3) is 11.4 Å². The fourth-order valence-corrected chi connectivity index (χ4v) is 3.14. The highest BCUT2D eigenvalue weighted by molar-refractivity contribution is 7.89. The van der Waals surface area contributed by atoms with Crippen molar-refractivity contribution in [2.75, 3.05) is 0 Å². The summed E-state index contributed by atoms with van der Waals surface area (Å²) < 4.78 is 66.4. The predicted molar refractivity (Wildman–Crippen MR) is 98.4 cm³/mol. The smallest absolute Gasteiger partial charge is 0.329 e. The minimum atomic E-state index is -4.72. The van der Waals surface area contributed by atoms with Gasteiger partial charge in [-0.2, -0.15) is 36.5 Å². The van der Waals surface area contributed by atoms with Crippen LogP contribution in [-0.2, 0) is 16.2 Å². The first kappa shape index (κ1) is 20.5. The fourth-order valence-electron chi connectivity index (χ4n) is 2.28. The van der Waals surface area contributed by atoms with Crippen molar-refractivity contribution in [2.24, 2.45) is 5.10 Å². The maximum Gasteiger partial charge on any atom is 0.471 e. The number of benzene rings is 2. The van der Waals surface area contributed by atoms with Crippen molar-refractivity contribution >= 4 is 15.7 Å². The maximum atomic E-state index is 12.5. The zero-order valence-corrected chi connectivity index (χ0v) is 16.0. The molecule has 0 fully saturated rings. The second-order valence-corrected chi connectivity index (χ2v) is 7.76. The number of hydrogen-bond acceptors (Lipinski definition) is 6. The van der Waals surface area contributed by atoms with Crippen molar-refractivity contribution in [3.63, 3.8) is 0 Å². The molecule has 0 amide bonds. The first-order valence-corrected chi connectivity index (χ1v) is 9.69. The van der Waals surface area contributed by atoms with Gasteiger partial charge in [-0.1, -0.05) is 47.1 Å². The van der Waals surface area contributed by atoms with Gasteiger partial charge in [0.1, 0.15) is 0 Å². The van der Waals surface area contributed by atoms with Gasteiger partial charge in [-0.15, -0.1) is 0 Å². The van der Waals surface area contributed by atoms with E-state index in [0.717, 1.165) is 5.56 Å². The van der Waals surface area contributed by atoms with Crippen molar-refractivity contribution in [3.05, 3.63) is 65.5 Å². The van der Waals surface area contributed by atoms with Crippen LogP contribution in [0, 0.1) is 6.92 Å². The Hall–Kier alpha value is -3.21. The molecule has 0 atom stereocenters. The Morgan fingerprint density at radius 2 is 1.69 bits per heavy atom. The molecule has 7 nitrogen and oxygen atoms in total. The zero-order valence-electron chi connectivity index (χ0n) is 15.2. The predicted octanol–water partition coefficient (Wildman–Crippen LogP) is 3.77. The van der Waals surface area contributed by atoms with Gasteiger partial charge in [0.05, 0.1) is 10.6 Å². The molecule has 29 heavy (non-hydrogen) atoms. The number of hydrazone groups is 1. The van der Waals surface area contributed by atoms with Crippen LogP contribution in [0.2, 0.25) is 0 Å². The maximum absolute atomic E-state index is 12.5. The van der Waals surface area contributed by atoms with Gasteiger partial charge in [0, 0.05) is 5.56 Å². The number of alkyl halides is 3. The SMILES string of the molecule is C/C(=N\NS(=O)(=O)c1ccc(C)cc1)c1ccc(-c2noc(C(F)(F)F)n2)cc1. The largest absolute Gasteiger partial charge is 0.471 e. The van der Waals surface area contributed by atoms with Crippen LogP contribution in [0.1, 0.15) is 23.9 Å². The lowest BCUT2D eigenvalue weighted by Crippen LogP contribution is -2.19. The van der Waals surface area contributed by atoms with Gasteiger partial charge in [-0.3, -0.25) is 0 Å². The lowest BCUT2D eigenvalue weighted by Gasteiger charge is -2.06. The second kappa shape index (κ2) is 7.66. The normalized spacial score (nSPS) is 12.8. The first-order chi connectivity index (χ1) is 13.6. The molecule has 1 aromatic heterocycles. The van der Waals surface area contributed by atoms with Crippen molar-refractivity contribution in [1.82, 2.24) is 15.0 Å². The van der Waals surface area contributed by atoms with Crippen LogP contribution in [0.15, 0.2) is 63.1 Å². The number of hydrogen-bond donors (Lipinski definition) is 1. The van der Waals surface area contributed by atoms with Crippen LogP contribution in [-0.4, -0.2) is 24.3 Å². The number of halogens is 3. The highest BCUT2D eigenvalue weighted by Gasteiger charge is 2.38. The van der Waals surface area contributed by atoms with Gasteiger partial charge in [0.15, 0.2) is 0 Å². The van der Waals surface area contributed by atoms with Crippen LogP contribution >= 0.6 is 0 Å². The summed E-state index contributed by atoms with van der Waals surface area (Å²) in [4.78, 5) is 5.54. The third-order valence-corrected chi connectivity index (χ3v) is 5.12. The third-order valence-electron chi connectivity index (χ3n) is 3.89. The summed E-state index contributed by atoms with van der Waals surface area (Å²) in [6.45, 7) is 3.43. The molecule has 11 heteroatoms. The van der Waals surface area contributed by atoms with E-state index in [1.807, 2.05) is 6.92 Å². The van der Waals surface area contributed by atoms with Crippen LogP contribution in [0.3, 0.4) is 0 Å². The molecular weight excluding hydrogens is 409 g/mol. The topological polar surface area (TPSA) is 97.5 Å². The number of aromatic nitrogens is 2. The molecule has 0 spiro atoms. The molecule has 0 bridgehead atoms. The standard InChI is InChI=1S/C18H15F3N4O3S/c1-11-3-9-15(10-4-11)29(26,27)25-23-12(2)13-5-7-14(8-6-13)16-22-17(28-24-16)18(19,20)21/h3-10,25H,1-2H3/b23-12+. The first-order valence-electron chi connectivity index (χ1n) is 8.21. The Labute approximate surface area is 164 Å². The molecule has 0 saturated heterocycles. The lowest BCUT2D eigenvalue weighted by atomic mass is 10.1. The van der Waals surface area contributed by atoms with E-state index in [0.29, 0.717) is 16.8 Å². The number of nitrogens with zero attached hydrogens (tertiary/aromatic N) is 3. The summed E-state index contributed by atoms with van der Waals surface area (Å²) in [5, 5.41) is 7.19. The van der Waals surface area contributed by atoms with E-state index in [-0.39, 0.29) is 10.7 Å². The van der Waals surface area contributed by atoms with Gasteiger partial charge in [-0.05, 0) is 31.5 Å². The Kier molecular flexibility index (Phi) is 5.42. The Balaban J connectivity index is 1.75. The molecule has 1 heterocycles. The molecule has 0 saturated carbocycles. The second-order valence-electron chi connectivity index (χ2n) is 6.10. The molecule has 1 N–H and O–H groups in total. The Morgan fingerprint density at radius 3 is 2.24 bits per heavy atom. The molecule has 0 aliphatic carbocycles. The monoisotopic (exact) mass is 424 g/mol. The molecule has 0 radical (unpaired) electrons. The summed E-state index contributed by atoms with van der Waals surface area (Å²) in [5.41, 5.74) is 2.14. The van der Waals surface area contributed by atoms with E-state index < -0.39 is 22.1 Å². The zero-order chi connectivity index (χ0) is 21.2. The molecule has 3 aromatic rings. The van der Waals surface area contributed by atoms with Crippen molar-refractivity contribution in [2.45, 2.75) is 24.9 Å². The van der Waals surface area contributed by atoms with Crippen molar-refractivity contribution < 1.29 is 26.1 Å². The summed E-state index contributed by atoms with van der Waals surface area (Å²) in [7, 11) is -3.82. The summed E-state index contributed by atoms with van der Waals surface area (Å²) >= 11 is 0. The quantitative estimate of drug-likeness (QED) is 0.497.